The first-order valence-electron chi connectivity index (χ1n) is 10.2. The summed E-state index contributed by atoms with van der Waals surface area (Å²) >= 11 is 0. The highest BCUT2D eigenvalue weighted by Gasteiger charge is 2.24. The first kappa shape index (κ1) is 22.5. The van der Waals surface area contributed by atoms with E-state index in [-0.39, 0.29) is 30.2 Å². The van der Waals surface area contributed by atoms with Crippen LogP contribution in [0, 0.1) is 0 Å². The van der Waals surface area contributed by atoms with E-state index in [1.54, 1.807) is 11.0 Å². The van der Waals surface area contributed by atoms with Crippen LogP contribution in [0.5, 0.6) is 5.75 Å². The number of nitrogens with one attached hydrogen (secondary N) is 1. The van der Waals surface area contributed by atoms with Crippen LogP contribution in [0.15, 0.2) is 42.5 Å². The molecule has 5 heteroatoms. The molecule has 0 aliphatic rings. The fourth-order valence-corrected chi connectivity index (χ4v) is 3.36. The lowest BCUT2D eigenvalue weighted by molar-refractivity contribution is -0.120. The Labute approximate surface area is 174 Å². The van der Waals surface area contributed by atoms with E-state index in [0.29, 0.717) is 18.0 Å². The Morgan fingerprint density at radius 2 is 1.55 bits per heavy atom. The molecule has 1 N–H and O–H groups in total. The third-order valence-electron chi connectivity index (χ3n) is 4.76. The highest BCUT2D eigenvalue weighted by molar-refractivity contribution is 6.03. The summed E-state index contributed by atoms with van der Waals surface area (Å²) in [5.41, 5.74) is 3.57. The van der Waals surface area contributed by atoms with Gasteiger partial charge < -0.3 is 15.0 Å². The molecule has 0 aliphatic heterocycles. The van der Waals surface area contributed by atoms with Crippen molar-refractivity contribution in [2.75, 3.05) is 23.4 Å². The Balaban J connectivity index is 2.37. The normalized spacial score (nSPS) is 10.9. The van der Waals surface area contributed by atoms with Crippen LogP contribution in [0.3, 0.4) is 0 Å². The lowest BCUT2D eigenvalue weighted by Crippen LogP contribution is -2.38. The number of rotatable bonds is 8. The molecular formula is C24H32N2O3. The Kier molecular flexibility index (Phi) is 7.82. The molecular weight excluding hydrogens is 364 g/mol. The van der Waals surface area contributed by atoms with Crippen molar-refractivity contribution in [2.45, 2.75) is 53.4 Å². The summed E-state index contributed by atoms with van der Waals surface area (Å²) in [6, 6.07) is 13.4. The molecule has 0 unspecified atom stereocenters. The minimum Gasteiger partial charge on any atom is -0.492 e. The second kappa shape index (κ2) is 10.1. The summed E-state index contributed by atoms with van der Waals surface area (Å²) in [5.74, 6) is 0.650. The van der Waals surface area contributed by atoms with Gasteiger partial charge in [-0.15, -0.1) is 0 Å². The number of carbonyl (C=O) groups is 2. The quantitative estimate of drug-likeness (QED) is 0.657. The highest BCUT2D eigenvalue weighted by Crippen LogP contribution is 2.35. The molecule has 0 atom stereocenters. The van der Waals surface area contributed by atoms with Gasteiger partial charge in [0.25, 0.3) is 0 Å². The zero-order valence-corrected chi connectivity index (χ0v) is 18.3. The van der Waals surface area contributed by atoms with Gasteiger partial charge in [-0.25, -0.2) is 0 Å². The molecule has 0 bridgehead atoms. The van der Waals surface area contributed by atoms with Gasteiger partial charge in [-0.1, -0.05) is 58.0 Å². The lowest BCUT2D eigenvalue weighted by atomic mass is 9.91. The largest absolute Gasteiger partial charge is 0.492 e. The average molecular weight is 397 g/mol. The number of anilines is 2. The maximum Gasteiger partial charge on any atom is 0.244 e. The fourth-order valence-electron chi connectivity index (χ4n) is 3.36. The minimum atomic E-state index is -0.263. The molecule has 0 radical (unpaired) electrons. The summed E-state index contributed by atoms with van der Waals surface area (Å²) in [6.07, 6.45) is 0. The summed E-state index contributed by atoms with van der Waals surface area (Å²) < 4.78 is 5.58. The van der Waals surface area contributed by atoms with Crippen molar-refractivity contribution in [2.24, 2.45) is 0 Å². The predicted octanol–water partition coefficient (Wildman–Crippen LogP) is 5.32. The number of hydrogen-bond donors (Lipinski definition) is 1. The molecule has 2 rings (SSSR count). The van der Waals surface area contributed by atoms with Crippen molar-refractivity contribution in [3.8, 4) is 5.75 Å². The van der Waals surface area contributed by atoms with Gasteiger partial charge in [0.1, 0.15) is 12.3 Å². The molecule has 0 saturated carbocycles. The van der Waals surface area contributed by atoms with E-state index in [9.17, 15) is 9.59 Å². The summed E-state index contributed by atoms with van der Waals surface area (Å²) in [5, 5.41) is 2.89. The zero-order chi connectivity index (χ0) is 21.6. The maximum absolute atomic E-state index is 12.9. The van der Waals surface area contributed by atoms with E-state index in [1.165, 1.54) is 6.92 Å². The van der Waals surface area contributed by atoms with Gasteiger partial charge in [0, 0.05) is 6.92 Å². The number of ether oxygens (including phenoxy) is 1. The van der Waals surface area contributed by atoms with E-state index < -0.39 is 0 Å². The molecule has 5 nitrogen and oxygen atoms in total. The average Bonchev–Trinajstić information content (AvgIpc) is 2.67. The van der Waals surface area contributed by atoms with Crippen LogP contribution in [-0.2, 0) is 9.59 Å². The fraction of sp³-hybridized carbons (Fsp3) is 0.417. The van der Waals surface area contributed by atoms with Crippen molar-refractivity contribution >= 4 is 23.2 Å². The van der Waals surface area contributed by atoms with E-state index >= 15 is 0 Å². The Morgan fingerprint density at radius 1 is 0.966 bits per heavy atom. The Morgan fingerprint density at radius 3 is 2.07 bits per heavy atom. The third-order valence-corrected chi connectivity index (χ3v) is 4.76. The van der Waals surface area contributed by atoms with Crippen LogP contribution >= 0.6 is 0 Å². The summed E-state index contributed by atoms with van der Waals surface area (Å²) in [6.45, 7) is 12.2. The molecule has 156 valence electrons. The predicted molar refractivity (Wildman–Crippen MR) is 119 cm³/mol. The van der Waals surface area contributed by atoms with E-state index in [2.05, 4.69) is 33.0 Å². The molecule has 0 aliphatic carbocycles. The van der Waals surface area contributed by atoms with Crippen molar-refractivity contribution in [3.63, 3.8) is 0 Å². The van der Waals surface area contributed by atoms with Gasteiger partial charge in [0.15, 0.2) is 0 Å². The molecule has 2 amide bonds. The number of amides is 2. The van der Waals surface area contributed by atoms with Gasteiger partial charge in [-0.3, -0.25) is 9.59 Å². The minimum absolute atomic E-state index is 0.0563. The smallest absolute Gasteiger partial charge is 0.244 e. The summed E-state index contributed by atoms with van der Waals surface area (Å²) in [4.78, 5) is 27.0. The topological polar surface area (TPSA) is 58.6 Å². The number of carbonyl (C=O) groups excluding carboxylic acids is 2. The Bertz CT molecular complexity index is 833. The molecule has 0 saturated heterocycles. The first-order chi connectivity index (χ1) is 13.8. The zero-order valence-electron chi connectivity index (χ0n) is 18.3. The van der Waals surface area contributed by atoms with Crippen molar-refractivity contribution in [1.29, 1.82) is 0 Å². The van der Waals surface area contributed by atoms with Gasteiger partial charge in [-0.2, -0.15) is 0 Å². The number of benzene rings is 2. The van der Waals surface area contributed by atoms with Crippen LogP contribution in [0.1, 0.15) is 64.5 Å². The lowest BCUT2D eigenvalue weighted by Gasteiger charge is -2.29. The van der Waals surface area contributed by atoms with Gasteiger partial charge in [0.2, 0.25) is 11.8 Å². The molecule has 0 aromatic heterocycles. The van der Waals surface area contributed by atoms with Crippen LogP contribution in [0.2, 0.25) is 0 Å². The van der Waals surface area contributed by atoms with Crippen LogP contribution in [0.4, 0.5) is 11.4 Å². The molecule has 2 aromatic carbocycles. The van der Waals surface area contributed by atoms with Crippen molar-refractivity contribution in [1.82, 2.24) is 0 Å². The molecule has 0 spiro atoms. The second-order valence-corrected chi connectivity index (χ2v) is 7.68. The van der Waals surface area contributed by atoms with Crippen molar-refractivity contribution in [3.05, 3.63) is 53.6 Å². The van der Waals surface area contributed by atoms with Gasteiger partial charge in [0.05, 0.1) is 18.0 Å². The van der Waals surface area contributed by atoms with Gasteiger partial charge in [-0.05, 0) is 42.0 Å². The number of nitrogens with zero attached hydrogens (tertiary/aromatic N) is 1. The van der Waals surface area contributed by atoms with Crippen LogP contribution in [-0.4, -0.2) is 25.0 Å². The van der Waals surface area contributed by atoms with E-state index in [0.717, 1.165) is 16.8 Å². The van der Waals surface area contributed by atoms with Gasteiger partial charge >= 0.3 is 0 Å². The number of para-hydroxylation sites is 3. The maximum atomic E-state index is 12.9. The van der Waals surface area contributed by atoms with Crippen LogP contribution < -0.4 is 15.0 Å². The van der Waals surface area contributed by atoms with E-state index in [1.807, 2.05) is 43.3 Å². The van der Waals surface area contributed by atoms with Crippen molar-refractivity contribution < 1.29 is 14.3 Å². The van der Waals surface area contributed by atoms with E-state index in [4.69, 9.17) is 4.74 Å². The molecule has 0 heterocycles. The second-order valence-electron chi connectivity index (χ2n) is 7.68. The highest BCUT2D eigenvalue weighted by atomic mass is 16.5. The summed E-state index contributed by atoms with van der Waals surface area (Å²) in [7, 11) is 0. The molecule has 29 heavy (non-hydrogen) atoms. The monoisotopic (exact) mass is 396 g/mol. The SMILES string of the molecule is CCOc1ccccc1NC(=O)CN(C(C)=O)c1c(C(C)C)cccc1C(C)C. The molecule has 0 fully saturated rings. The number of hydrogen-bond acceptors (Lipinski definition) is 3. The first-order valence-corrected chi connectivity index (χ1v) is 10.2. The third kappa shape index (κ3) is 5.59. The standard InChI is InChI=1S/C24H32N2O3/c1-7-29-22-14-9-8-13-21(22)25-23(28)15-26(18(6)27)24-19(16(2)3)11-10-12-20(24)17(4)5/h8-14,16-17H,7,15H2,1-6H3,(H,25,28). The molecule has 2 aromatic rings. The Hall–Kier alpha value is -2.82. The van der Waals surface area contributed by atoms with Crippen LogP contribution in [0.25, 0.3) is 0 Å².